The monoisotopic (exact) mass is 312 g/mol. The SMILES string of the molecule is NCc1sc(-c2cccc(Br)c2)nc1C(=O)O. The predicted molar refractivity (Wildman–Crippen MR) is 70.1 cm³/mol. The van der Waals surface area contributed by atoms with E-state index in [4.69, 9.17) is 10.8 Å². The number of benzene rings is 1. The summed E-state index contributed by atoms with van der Waals surface area (Å²) in [4.78, 5) is 15.7. The molecule has 0 spiro atoms. The molecular weight excluding hydrogens is 304 g/mol. The minimum absolute atomic E-state index is 0.0486. The van der Waals surface area contributed by atoms with E-state index in [2.05, 4.69) is 20.9 Å². The number of halogens is 1. The van der Waals surface area contributed by atoms with Crippen LogP contribution in [-0.4, -0.2) is 16.1 Å². The van der Waals surface area contributed by atoms with Crippen molar-refractivity contribution in [1.82, 2.24) is 4.98 Å². The largest absolute Gasteiger partial charge is 0.476 e. The second-order valence-corrected chi connectivity index (χ2v) is 5.31. The molecule has 0 radical (unpaired) electrons. The van der Waals surface area contributed by atoms with Gasteiger partial charge in [-0.25, -0.2) is 9.78 Å². The van der Waals surface area contributed by atoms with Gasteiger partial charge in [-0.3, -0.25) is 0 Å². The molecule has 0 saturated carbocycles. The number of aromatic carboxylic acids is 1. The van der Waals surface area contributed by atoms with Gasteiger partial charge < -0.3 is 10.8 Å². The molecule has 88 valence electrons. The minimum atomic E-state index is -1.04. The quantitative estimate of drug-likeness (QED) is 0.913. The fourth-order valence-corrected chi connectivity index (χ4v) is 2.73. The van der Waals surface area contributed by atoms with Gasteiger partial charge in [0.15, 0.2) is 5.69 Å². The Morgan fingerprint density at radius 1 is 1.53 bits per heavy atom. The van der Waals surface area contributed by atoms with E-state index in [0.717, 1.165) is 10.0 Å². The third-order valence-electron chi connectivity index (χ3n) is 2.16. The van der Waals surface area contributed by atoms with Gasteiger partial charge in [0.1, 0.15) is 5.01 Å². The maximum atomic E-state index is 11.0. The summed E-state index contributed by atoms with van der Waals surface area (Å²) in [6.07, 6.45) is 0. The van der Waals surface area contributed by atoms with Gasteiger partial charge in [0.2, 0.25) is 0 Å². The average molecular weight is 313 g/mol. The van der Waals surface area contributed by atoms with Crippen molar-refractivity contribution in [3.05, 3.63) is 39.3 Å². The summed E-state index contributed by atoms with van der Waals surface area (Å²) in [6, 6.07) is 7.56. The van der Waals surface area contributed by atoms with Crippen LogP contribution in [0.2, 0.25) is 0 Å². The Morgan fingerprint density at radius 3 is 2.82 bits per heavy atom. The molecule has 3 N–H and O–H groups in total. The second kappa shape index (κ2) is 4.95. The first-order chi connectivity index (χ1) is 8.11. The van der Waals surface area contributed by atoms with Crippen molar-refractivity contribution < 1.29 is 9.90 Å². The molecule has 0 aliphatic rings. The number of nitrogens with zero attached hydrogens (tertiary/aromatic N) is 1. The van der Waals surface area contributed by atoms with E-state index >= 15 is 0 Å². The lowest BCUT2D eigenvalue weighted by atomic mass is 10.2. The zero-order chi connectivity index (χ0) is 12.4. The van der Waals surface area contributed by atoms with E-state index in [0.29, 0.717) is 9.88 Å². The van der Waals surface area contributed by atoms with Gasteiger partial charge in [-0.1, -0.05) is 28.1 Å². The number of nitrogens with two attached hydrogens (primary N) is 1. The molecule has 17 heavy (non-hydrogen) atoms. The standard InChI is InChI=1S/C11H9BrN2O2S/c12-7-3-1-2-6(4-7)10-14-9(11(15)16)8(5-13)17-10/h1-4H,5,13H2,(H,15,16). The molecule has 0 amide bonds. The molecule has 0 saturated heterocycles. The highest BCUT2D eigenvalue weighted by molar-refractivity contribution is 9.10. The van der Waals surface area contributed by atoms with Crippen LogP contribution in [0.15, 0.2) is 28.7 Å². The van der Waals surface area contributed by atoms with Gasteiger partial charge in [0.25, 0.3) is 0 Å². The van der Waals surface area contributed by atoms with Crippen LogP contribution in [-0.2, 0) is 6.54 Å². The molecule has 0 aliphatic heterocycles. The Kier molecular flexibility index (Phi) is 3.56. The molecule has 0 fully saturated rings. The molecule has 0 atom stereocenters. The van der Waals surface area contributed by atoms with E-state index in [1.807, 2.05) is 24.3 Å². The average Bonchev–Trinajstić information content (AvgIpc) is 2.73. The zero-order valence-electron chi connectivity index (χ0n) is 8.68. The normalized spacial score (nSPS) is 10.5. The third kappa shape index (κ3) is 2.54. The van der Waals surface area contributed by atoms with Crippen LogP contribution in [0, 0.1) is 0 Å². The van der Waals surface area contributed by atoms with Gasteiger partial charge in [-0.2, -0.15) is 0 Å². The first kappa shape index (κ1) is 12.2. The van der Waals surface area contributed by atoms with E-state index in [9.17, 15) is 4.79 Å². The Labute approximate surface area is 110 Å². The second-order valence-electron chi connectivity index (χ2n) is 3.31. The summed E-state index contributed by atoms with van der Waals surface area (Å²) in [5.41, 5.74) is 6.44. The predicted octanol–water partition coefficient (Wildman–Crippen LogP) is 2.73. The number of hydrogen-bond acceptors (Lipinski definition) is 4. The Bertz CT molecular complexity index is 568. The molecule has 1 heterocycles. The molecule has 4 nitrogen and oxygen atoms in total. The lowest BCUT2D eigenvalue weighted by Crippen LogP contribution is -2.04. The minimum Gasteiger partial charge on any atom is -0.476 e. The van der Waals surface area contributed by atoms with E-state index in [1.165, 1.54) is 11.3 Å². The van der Waals surface area contributed by atoms with Crippen LogP contribution >= 0.6 is 27.3 Å². The van der Waals surface area contributed by atoms with Crippen molar-refractivity contribution in [3.63, 3.8) is 0 Å². The van der Waals surface area contributed by atoms with Crippen molar-refractivity contribution >= 4 is 33.2 Å². The van der Waals surface area contributed by atoms with Crippen LogP contribution in [0.25, 0.3) is 10.6 Å². The van der Waals surface area contributed by atoms with Gasteiger partial charge in [0.05, 0.1) is 4.88 Å². The number of carbonyl (C=O) groups is 1. The summed E-state index contributed by atoms with van der Waals surface area (Å²) < 4.78 is 0.927. The molecule has 2 aromatic rings. The van der Waals surface area contributed by atoms with Gasteiger partial charge in [-0.15, -0.1) is 11.3 Å². The molecule has 0 unspecified atom stereocenters. The van der Waals surface area contributed by atoms with Crippen molar-refractivity contribution in [2.75, 3.05) is 0 Å². The van der Waals surface area contributed by atoms with Crippen LogP contribution in [0.4, 0.5) is 0 Å². The number of aromatic nitrogens is 1. The fourth-order valence-electron chi connectivity index (χ4n) is 1.40. The topological polar surface area (TPSA) is 76.2 Å². The smallest absolute Gasteiger partial charge is 0.355 e. The fraction of sp³-hybridized carbons (Fsp3) is 0.0909. The van der Waals surface area contributed by atoms with Crippen LogP contribution in [0.5, 0.6) is 0 Å². The van der Waals surface area contributed by atoms with Gasteiger partial charge in [-0.05, 0) is 12.1 Å². The Balaban J connectivity index is 2.50. The Hall–Kier alpha value is -1.24. The van der Waals surface area contributed by atoms with Crippen LogP contribution in [0.3, 0.4) is 0 Å². The maximum absolute atomic E-state index is 11.0. The van der Waals surface area contributed by atoms with Crippen molar-refractivity contribution in [2.24, 2.45) is 5.73 Å². The first-order valence-electron chi connectivity index (χ1n) is 4.81. The van der Waals surface area contributed by atoms with E-state index in [1.54, 1.807) is 0 Å². The molecule has 0 aliphatic carbocycles. The third-order valence-corrected chi connectivity index (χ3v) is 3.78. The van der Waals surface area contributed by atoms with E-state index in [-0.39, 0.29) is 12.2 Å². The summed E-state index contributed by atoms with van der Waals surface area (Å²) >= 11 is 4.68. The molecule has 6 heteroatoms. The lowest BCUT2D eigenvalue weighted by molar-refractivity contribution is 0.0690. The summed E-state index contributed by atoms with van der Waals surface area (Å²) in [6.45, 7) is 0.188. The molecule has 1 aromatic carbocycles. The van der Waals surface area contributed by atoms with Crippen molar-refractivity contribution in [2.45, 2.75) is 6.54 Å². The number of thiazole rings is 1. The summed E-state index contributed by atoms with van der Waals surface area (Å²) in [5.74, 6) is -1.04. The van der Waals surface area contributed by atoms with Gasteiger partial charge in [0, 0.05) is 16.6 Å². The number of hydrogen-bond donors (Lipinski definition) is 2. The first-order valence-corrected chi connectivity index (χ1v) is 6.41. The highest BCUT2D eigenvalue weighted by Gasteiger charge is 2.16. The van der Waals surface area contributed by atoms with Crippen molar-refractivity contribution in [3.8, 4) is 10.6 Å². The molecule has 2 rings (SSSR count). The highest BCUT2D eigenvalue weighted by Crippen LogP contribution is 2.29. The lowest BCUT2D eigenvalue weighted by Gasteiger charge is -1.95. The zero-order valence-corrected chi connectivity index (χ0v) is 11.1. The Morgan fingerprint density at radius 2 is 2.29 bits per heavy atom. The number of carboxylic acids is 1. The molecular formula is C11H9BrN2O2S. The highest BCUT2D eigenvalue weighted by atomic mass is 79.9. The summed E-state index contributed by atoms with van der Waals surface area (Å²) in [7, 11) is 0. The molecule has 0 bridgehead atoms. The number of rotatable bonds is 3. The van der Waals surface area contributed by atoms with Gasteiger partial charge >= 0.3 is 5.97 Å². The maximum Gasteiger partial charge on any atom is 0.355 e. The van der Waals surface area contributed by atoms with E-state index < -0.39 is 5.97 Å². The number of carboxylic acid groups (broad SMARTS) is 1. The summed E-state index contributed by atoms with van der Waals surface area (Å²) in [5, 5.41) is 9.66. The van der Waals surface area contributed by atoms with Crippen molar-refractivity contribution in [1.29, 1.82) is 0 Å². The van der Waals surface area contributed by atoms with Crippen LogP contribution < -0.4 is 5.73 Å². The van der Waals surface area contributed by atoms with Crippen LogP contribution in [0.1, 0.15) is 15.4 Å². The molecule has 1 aromatic heterocycles.